The molecule has 0 spiro atoms. The molecule has 0 atom stereocenters. The van der Waals surface area contributed by atoms with E-state index in [1.165, 1.54) is 0 Å². The summed E-state index contributed by atoms with van der Waals surface area (Å²) >= 11 is 0. The first-order valence-corrected chi connectivity index (χ1v) is 9.03. The summed E-state index contributed by atoms with van der Waals surface area (Å²) in [5, 5.41) is 2.94. The van der Waals surface area contributed by atoms with Crippen molar-refractivity contribution in [1.29, 1.82) is 0 Å². The van der Waals surface area contributed by atoms with Gasteiger partial charge in [-0.2, -0.15) is 0 Å². The molecule has 1 N–H and O–H groups in total. The summed E-state index contributed by atoms with van der Waals surface area (Å²) in [5.74, 6) is 1.34. The normalized spacial score (nSPS) is 10.6. The maximum atomic E-state index is 12.4. The molecular formula is C21H28N2O3. The Balaban J connectivity index is 1.93. The number of hydrogen-bond donors (Lipinski definition) is 1. The minimum Gasteiger partial charge on any atom is -0.497 e. The van der Waals surface area contributed by atoms with Gasteiger partial charge in [-0.15, -0.1) is 0 Å². The Hall–Kier alpha value is -2.53. The Morgan fingerprint density at radius 2 is 1.85 bits per heavy atom. The Morgan fingerprint density at radius 1 is 1.08 bits per heavy atom. The van der Waals surface area contributed by atoms with E-state index in [0.29, 0.717) is 24.5 Å². The van der Waals surface area contributed by atoms with Crippen molar-refractivity contribution in [2.75, 3.05) is 33.4 Å². The number of hydrogen-bond acceptors (Lipinski definition) is 4. The second-order valence-corrected chi connectivity index (χ2v) is 5.90. The molecule has 0 saturated heterocycles. The van der Waals surface area contributed by atoms with E-state index < -0.39 is 0 Å². The van der Waals surface area contributed by atoms with E-state index >= 15 is 0 Å². The Kier molecular flexibility index (Phi) is 7.96. The number of amides is 1. The number of methoxy groups -OCH3 is 1. The minimum atomic E-state index is -0.137. The number of likely N-dealkylation sites (N-methyl/N-ethyl adjacent to an activating group) is 1. The molecule has 0 heterocycles. The third kappa shape index (κ3) is 5.77. The lowest BCUT2D eigenvalue weighted by atomic mass is 10.1. The first-order valence-electron chi connectivity index (χ1n) is 9.03. The third-order valence-corrected chi connectivity index (χ3v) is 4.30. The van der Waals surface area contributed by atoms with Gasteiger partial charge in [-0.05, 0) is 37.4 Å². The van der Waals surface area contributed by atoms with Crippen LogP contribution in [0.1, 0.15) is 29.8 Å². The molecule has 0 aliphatic carbocycles. The van der Waals surface area contributed by atoms with Gasteiger partial charge in [0, 0.05) is 24.2 Å². The summed E-state index contributed by atoms with van der Waals surface area (Å²) in [5.41, 5.74) is 1.53. The highest BCUT2D eigenvalue weighted by Gasteiger charge is 2.09. The zero-order chi connectivity index (χ0) is 18.8. The molecule has 0 bridgehead atoms. The molecule has 0 radical (unpaired) electrons. The van der Waals surface area contributed by atoms with E-state index in [0.717, 1.165) is 30.9 Å². The van der Waals surface area contributed by atoms with Crippen molar-refractivity contribution >= 4 is 5.91 Å². The summed E-state index contributed by atoms with van der Waals surface area (Å²) in [6.07, 6.45) is 0. The van der Waals surface area contributed by atoms with Crippen molar-refractivity contribution in [3.8, 4) is 11.5 Å². The van der Waals surface area contributed by atoms with E-state index in [9.17, 15) is 4.79 Å². The lowest BCUT2D eigenvalue weighted by molar-refractivity contribution is 0.0950. The lowest BCUT2D eigenvalue weighted by Gasteiger charge is -2.19. The molecule has 0 unspecified atom stereocenters. The van der Waals surface area contributed by atoms with Crippen LogP contribution in [0.3, 0.4) is 0 Å². The Labute approximate surface area is 155 Å². The number of carbonyl (C=O) groups is 1. The number of carbonyl (C=O) groups excluding carboxylic acids is 1. The summed E-state index contributed by atoms with van der Waals surface area (Å²) in [4.78, 5) is 14.7. The van der Waals surface area contributed by atoms with Crippen LogP contribution < -0.4 is 14.8 Å². The average molecular weight is 356 g/mol. The third-order valence-electron chi connectivity index (χ3n) is 4.30. The molecule has 0 aliphatic rings. The molecule has 1 amide bonds. The molecule has 5 heteroatoms. The number of benzene rings is 2. The van der Waals surface area contributed by atoms with Crippen LogP contribution in [0.2, 0.25) is 0 Å². The number of nitrogens with zero attached hydrogens (tertiary/aromatic N) is 1. The van der Waals surface area contributed by atoms with Crippen LogP contribution in [0.5, 0.6) is 11.5 Å². The molecular weight excluding hydrogens is 328 g/mol. The molecule has 0 aliphatic heterocycles. The van der Waals surface area contributed by atoms with Crippen molar-refractivity contribution in [2.45, 2.75) is 20.4 Å². The maximum absolute atomic E-state index is 12.4. The lowest BCUT2D eigenvalue weighted by Crippen LogP contribution is -2.28. The zero-order valence-electron chi connectivity index (χ0n) is 15.8. The predicted octanol–water partition coefficient (Wildman–Crippen LogP) is 3.35. The first-order chi connectivity index (χ1) is 12.7. The average Bonchev–Trinajstić information content (AvgIpc) is 2.70. The van der Waals surface area contributed by atoms with Gasteiger partial charge >= 0.3 is 0 Å². The monoisotopic (exact) mass is 356 g/mol. The summed E-state index contributed by atoms with van der Waals surface area (Å²) < 4.78 is 11.1. The topological polar surface area (TPSA) is 50.8 Å². The van der Waals surface area contributed by atoms with Crippen LogP contribution in [-0.4, -0.2) is 44.2 Å². The van der Waals surface area contributed by atoms with Crippen molar-refractivity contribution < 1.29 is 14.3 Å². The van der Waals surface area contributed by atoms with E-state index in [2.05, 4.69) is 24.1 Å². The Bertz CT molecular complexity index is 699. The smallest absolute Gasteiger partial charge is 0.251 e. The predicted molar refractivity (Wildman–Crippen MR) is 104 cm³/mol. The molecule has 2 aromatic rings. The molecule has 0 saturated carbocycles. The van der Waals surface area contributed by atoms with Gasteiger partial charge in [0.1, 0.15) is 18.1 Å². The summed E-state index contributed by atoms with van der Waals surface area (Å²) in [7, 11) is 1.59. The van der Waals surface area contributed by atoms with Gasteiger partial charge < -0.3 is 19.7 Å². The van der Waals surface area contributed by atoms with E-state index in [-0.39, 0.29) is 5.91 Å². The molecule has 140 valence electrons. The second kappa shape index (κ2) is 10.5. The second-order valence-electron chi connectivity index (χ2n) is 5.90. The maximum Gasteiger partial charge on any atom is 0.251 e. The van der Waals surface area contributed by atoms with Gasteiger partial charge in [-0.25, -0.2) is 0 Å². The van der Waals surface area contributed by atoms with Gasteiger partial charge in [0.15, 0.2) is 0 Å². The first kappa shape index (κ1) is 19.8. The highest BCUT2D eigenvalue weighted by Crippen LogP contribution is 2.18. The van der Waals surface area contributed by atoms with Crippen molar-refractivity contribution in [3.05, 3.63) is 59.7 Å². The number of para-hydroxylation sites is 1. The zero-order valence-corrected chi connectivity index (χ0v) is 15.8. The fourth-order valence-corrected chi connectivity index (χ4v) is 2.66. The fraction of sp³-hybridized carbons (Fsp3) is 0.381. The van der Waals surface area contributed by atoms with Gasteiger partial charge in [0.2, 0.25) is 0 Å². The molecule has 5 nitrogen and oxygen atoms in total. The van der Waals surface area contributed by atoms with Crippen LogP contribution in [0, 0.1) is 0 Å². The SMILES string of the molecule is CCN(CC)CCOc1ccccc1CNC(=O)c1cccc(OC)c1. The molecule has 2 rings (SSSR count). The summed E-state index contributed by atoms with van der Waals surface area (Å²) in [6.45, 7) is 8.24. The highest BCUT2D eigenvalue weighted by molar-refractivity contribution is 5.94. The molecule has 0 aromatic heterocycles. The fourth-order valence-electron chi connectivity index (χ4n) is 2.66. The minimum absolute atomic E-state index is 0.137. The van der Waals surface area contributed by atoms with Crippen LogP contribution in [0.15, 0.2) is 48.5 Å². The van der Waals surface area contributed by atoms with E-state index in [1.807, 2.05) is 30.3 Å². The van der Waals surface area contributed by atoms with Crippen LogP contribution >= 0.6 is 0 Å². The van der Waals surface area contributed by atoms with Crippen molar-refractivity contribution in [2.24, 2.45) is 0 Å². The summed E-state index contributed by atoms with van der Waals surface area (Å²) in [6, 6.07) is 14.9. The van der Waals surface area contributed by atoms with Crippen LogP contribution in [-0.2, 0) is 6.54 Å². The number of ether oxygens (including phenoxy) is 2. The van der Waals surface area contributed by atoms with Gasteiger partial charge in [0.25, 0.3) is 5.91 Å². The van der Waals surface area contributed by atoms with E-state index in [4.69, 9.17) is 9.47 Å². The number of nitrogens with one attached hydrogen (secondary N) is 1. The Morgan fingerprint density at radius 3 is 2.58 bits per heavy atom. The van der Waals surface area contributed by atoms with Gasteiger partial charge in [0.05, 0.1) is 7.11 Å². The molecule has 0 fully saturated rings. The highest BCUT2D eigenvalue weighted by atomic mass is 16.5. The van der Waals surface area contributed by atoms with E-state index in [1.54, 1.807) is 25.3 Å². The van der Waals surface area contributed by atoms with Gasteiger partial charge in [-0.3, -0.25) is 4.79 Å². The molecule has 26 heavy (non-hydrogen) atoms. The van der Waals surface area contributed by atoms with Gasteiger partial charge in [-0.1, -0.05) is 38.1 Å². The molecule has 2 aromatic carbocycles. The standard InChI is InChI=1S/C21H28N2O3/c1-4-23(5-2)13-14-26-20-12-7-6-9-18(20)16-22-21(24)17-10-8-11-19(15-17)25-3/h6-12,15H,4-5,13-14,16H2,1-3H3,(H,22,24). The van der Waals surface area contributed by atoms with Crippen LogP contribution in [0.25, 0.3) is 0 Å². The number of rotatable bonds is 10. The van der Waals surface area contributed by atoms with Crippen LogP contribution in [0.4, 0.5) is 0 Å². The van der Waals surface area contributed by atoms with Crippen molar-refractivity contribution in [3.63, 3.8) is 0 Å². The largest absolute Gasteiger partial charge is 0.497 e. The van der Waals surface area contributed by atoms with Crippen molar-refractivity contribution in [1.82, 2.24) is 10.2 Å². The quantitative estimate of drug-likeness (QED) is 0.709.